The summed E-state index contributed by atoms with van der Waals surface area (Å²) >= 11 is 2.56. The van der Waals surface area contributed by atoms with Crippen LogP contribution in [0.3, 0.4) is 0 Å². The van der Waals surface area contributed by atoms with Gasteiger partial charge in [0.15, 0.2) is 11.5 Å². The molecule has 0 spiro atoms. The van der Waals surface area contributed by atoms with Gasteiger partial charge in [0.1, 0.15) is 16.5 Å². The predicted molar refractivity (Wildman–Crippen MR) is 105 cm³/mol. The molecule has 7 heteroatoms. The summed E-state index contributed by atoms with van der Waals surface area (Å²) in [5, 5.41) is 12.9. The summed E-state index contributed by atoms with van der Waals surface area (Å²) in [6.45, 7) is 0. The molecule has 0 amide bonds. The summed E-state index contributed by atoms with van der Waals surface area (Å²) in [5.74, 6) is -0.220. The average molecular weight is 395 g/mol. The van der Waals surface area contributed by atoms with E-state index in [1.807, 2.05) is 6.07 Å². The number of Topliss-reactive ketones (excluding diaryl/α,β-unsaturated/α-hetero) is 1. The van der Waals surface area contributed by atoms with E-state index in [1.165, 1.54) is 35.9 Å². The number of benzene rings is 1. The molecule has 1 aromatic carbocycles. The Morgan fingerprint density at radius 1 is 1.04 bits per heavy atom. The first-order valence-electron chi connectivity index (χ1n) is 7.76. The SMILES string of the molecule is COc1cc(/C=C(\C#N)C(=O)c2cccs2)ccc1OC(=O)c1cccs1. The zero-order valence-corrected chi connectivity index (χ0v) is 15.8. The van der Waals surface area contributed by atoms with Crippen LogP contribution in [0.1, 0.15) is 24.9 Å². The Bertz CT molecular complexity index is 1030. The molecule has 3 rings (SSSR count). The Labute approximate surface area is 163 Å². The molecule has 0 aliphatic carbocycles. The first-order valence-corrected chi connectivity index (χ1v) is 9.52. The summed E-state index contributed by atoms with van der Waals surface area (Å²) in [5.41, 5.74) is 0.604. The lowest BCUT2D eigenvalue weighted by Gasteiger charge is -2.09. The van der Waals surface area contributed by atoms with Crippen molar-refractivity contribution in [3.63, 3.8) is 0 Å². The molecule has 0 radical (unpaired) electrons. The first-order chi connectivity index (χ1) is 13.1. The minimum Gasteiger partial charge on any atom is -0.493 e. The van der Waals surface area contributed by atoms with E-state index in [4.69, 9.17) is 9.47 Å². The molecule has 27 heavy (non-hydrogen) atoms. The van der Waals surface area contributed by atoms with Crippen LogP contribution in [0, 0.1) is 11.3 Å². The van der Waals surface area contributed by atoms with Crippen molar-refractivity contribution in [1.29, 1.82) is 5.26 Å². The molecule has 0 saturated carbocycles. The van der Waals surface area contributed by atoms with Crippen LogP contribution in [0.15, 0.2) is 58.8 Å². The highest BCUT2D eigenvalue weighted by Gasteiger charge is 2.16. The molecule has 5 nitrogen and oxygen atoms in total. The Balaban J connectivity index is 1.86. The molecule has 0 atom stereocenters. The summed E-state index contributed by atoms with van der Waals surface area (Å²) in [7, 11) is 1.45. The van der Waals surface area contributed by atoms with Crippen LogP contribution in [-0.4, -0.2) is 18.9 Å². The number of thiophene rings is 2. The molecule has 134 valence electrons. The fourth-order valence-electron chi connectivity index (χ4n) is 2.26. The lowest BCUT2D eigenvalue weighted by atomic mass is 10.1. The quantitative estimate of drug-likeness (QED) is 0.196. The zero-order valence-electron chi connectivity index (χ0n) is 14.2. The fraction of sp³-hybridized carbons (Fsp3) is 0.0500. The number of nitriles is 1. The third-order valence-electron chi connectivity index (χ3n) is 3.53. The van der Waals surface area contributed by atoms with Gasteiger partial charge >= 0.3 is 5.97 Å². The Hall–Kier alpha value is -3.21. The second-order valence-electron chi connectivity index (χ2n) is 5.25. The number of ether oxygens (including phenoxy) is 2. The van der Waals surface area contributed by atoms with Crippen LogP contribution in [0.5, 0.6) is 11.5 Å². The molecular weight excluding hydrogens is 382 g/mol. The molecule has 0 saturated heterocycles. The molecule has 0 aliphatic heterocycles. The van der Waals surface area contributed by atoms with Crippen LogP contribution in [0.4, 0.5) is 0 Å². The first kappa shape index (κ1) is 18.6. The van der Waals surface area contributed by atoms with Crippen molar-refractivity contribution in [3.8, 4) is 17.6 Å². The number of esters is 1. The van der Waals surface area contributed by atoms with Crippen molar-refractivity contribution in [2.24, 2.45) is 0 Å². The van der Waals surface area contributed by atoms with E-state index in [0.717, 1.165) is 0 Å². The van der Waals surface area contributed by atoms with E-state index in [9.17, 15) is 14.9 Å². The van der Waals surface area contributed by atoms with Crippen LogP contribution in [-0.2, 0) is 0 Å². The van der Waals surface area contributed by atoms with Crippen LogP contribution >= 0.6 is 22.7 Å². The topological polar surface area (TPSA) is 76.4 Å². The Kier molecular flexibility index (Phi) is 5.81. The summed E-state index contributed by atoms with van der Waals surface area (Å²) < 4.78 is 10.7. The number of carbonyl (C=O) groups excluding carboxylic acids is 2. The Morgan fingerprint density at radius 2 is 1.74 bits per heavy atom. The van der Waals surface area contributed by atoms with Crippen LogP contribution in [0.25, 0.3) is 6.08 Å². The molecule has 0 N–H and O–H groups in total. The number of nitrogens with zero attached hydrogens (tertiary/aromatic N) is 1. The highest BCUT2D eigenvalue weighted by Crippen LogP contribution is 2.30. The monoisotopic (exact) mass is 395 g/mol. The summed E-state index contributed by atoms with van der Waals surface area (Å²) in [6.07, 6.45) is 1.48. The maximum Gasteiger partial charge on any atom is 0.353 e. The van der Waals surface area contributed by atoms with E-state index in [-0.39, 0.29) is 17.1 Å². The standard InChI is InChI=1S/C20H13NO4S2/c1-24-16-11-13(10-14(12-21)19(22)17-4-2-8-26-17)6-7-15(16)25-20(23)18-5-3-9-27-18/h2-11H,1H3/b14-10+. The van der Waals surface area contributed by atoms with E-state index in [1.54, 1.807) is 53.2 Å². The van der Waals surface area contributed by atoms with Crippen molar-refractivity contribution in [2.45, 2.75) is 0 Å². The van der Waals surface area contributed by atoms with Crippen LogP contribution in [0.2, 0.25) is 0 Å². The molecule has 0 fully saturated rings. The second kappa shape index (κ2) is 8.45. The molecule has 0 bridgehead atoms. The average Bonchev–Trinajstić information content (AvgIpc) is 3.40. The summed E-state index contributed by atoms with van der Waals surface area (Å²) in [4.78, 5) is 25.4. The second-order valence-corrected chi connectivity index (χ2v) is 7.15. The largest absolute Gasteiger partial charge is 0.493 e. The van der Waals surface area contributed by atoms with Gasteiger partial charge in [-0.25, -0.2) is 4.79 Å². The van der Waals surface area contributed by atoms with Crippen molar-refractivity contribution < 1.29 is 19.1 Å². The van der Waals surface area contributed by atoms with Crippen molar-refractivity contribution in [2.75, 3.05) is 7.11 Å². The van der Waals surface area contributed by atoms with Gasteiger partial charge in [-0.15, -0.1) is 22.7 Å². The molecule has 3 aromatic rings. The normalized spacial score (nSPS) is 10.9. The third kappa shape index (κ3) is 4.31. The smallest absolute Gasteiger partial charge is 0.353 e. The van der Waals surface area contributed by atoms with Gasteiger partial charge < -0.3 is 9.47 Å². The minimum atomic E-state index is -0.475. The molecule has 0 unspecified atom stereocenters. The van der Waals surface area contributed by atoms with E-state index in [2.05, 4.69) is 0 Å². The number of hydrogen-bond donors (Lipinski definition) is 0. The lowest BCUT2D eigenvalue weighted by molar-refractivity contribution is 0.0734. The molecular formula is C20H13NO4S2. The van der Waals surface area contributed by atoms with E-state index in [0.29, 0.717) is 21.1 Å². The maximum atomic E-state index is 12.4. The highest BCUT2D eigenvalue weighted by atomic mass is 32.1. The highest BCUT2D eigenvalue weighted by molar-refractivity contribution is 7.12. The van der Waals surface area contributed by atoms with E-state index >= 15 is 0 Å². The number of hydrogen-bond acceptors (Lipinski definition) is 7. The van der Waals surface area contributed by atoms with Crippen molar-refractivity contribution >= 4 is 40.5 Å². The third-order valence-corrected chi connectivity index (χ3v) is 5.25. The number of allylic oxidation sites excluding steroid dienone is 1. The minimum absolute atomic E-state index is 0.0165. The predicted octanol–water partition coefficient (Wildman–Crippen LogP) is 4.83. The van der Waals surface area contributed by atoms with Gasteiger partial charge in [-0.3, -0.25) is 4.79 Å². The van der Waals surface area contributed by atoms with Gasteiger partial charge in [0.05, 0.1) is 12.0 Å². The van der Waals surface area contributed by atoms with Gasteiger partial charge in [-0.05, 0) is 46.7 Å². The molecule has 0 aliphatic rings. The fourth-order valence-corrected chi connectivity index (χ4v) is 3.54. The number of carbonyl (C=O) groups is 2. The van der Waals surface area contributed by atoms with E-state index < -0.39 is 5.97 Å². The number of methoxy groups -OCH3 is 1. The summed E-state index contributed by atoms with van der Waals surface area (Å²) in [6, 6.07) is 13.6. The zero-order chi connectivity index (χ0) is 19.2. The number of rotatable bonds is 6. The maximum absolute atomic E-state index is 12.4. The van der Waals surface area contributed by atoms with Crippen LogP contribution < -0.4 is 9.47 Å². The number of ketones is 1. The van der Waals surface area contributed by atoms with Gasteiger partial charge in [-0.1, -0.05) is 18.2 Å². The van der Waals surface area contributed by atoms with Gasteiger partial charge in [0.2, 0.25) is 5.78 Å². The van der Waals surface area contributed by atoms with Crippen molar-refractivity contribution in [3.05, 3.63) is 74.1 Å². The van der Waals surface area contributed by atoms with Crippen molar-refractivity contribution in [1.82, 2.24) is 0 Å². The lowest BCUT2D eigenvalue weighted by Crippen LogP contribution is -2.07. The van der Waals surface area contributed by atoms with Gasteiger partial charge in [-0.2, -0.15) is 5.26 Å². The van der Waals surface area contributed by atoms with Gasteiger partial charge in [0.25, 0.3) is 0 Å². The van der Waals surface area contributed by atoms with Gasteiger partial charge in [0, 0.05) is 0 Å². The molecule has 2 heterocycles. The Morgan fingerprint density at radius 3 is 2.33 bits per heavy atom. The molecule has 2 aromatic heterocycles.